The molecule has 0 spiro atoms. The molecule has 0 unspecified atom stereocenters. The molecular formula is C23H15FN2O4. The molecule has 6 nitrogen and oxygen atoms in total. The summed E-state index contributed by atoms with van der Waals surface area (Å²) in [6.07, 6.45) is 5.61. The van der Waals surface area contributed by atoms with E-state index in [9.17, 15) is 19.1 Å². The lowest BCUT2D eigenvalue weighted by atomic mass is 9.99. The maximum Gasteiger partial charge on any atom is 0.328 e. The van der Waals surface area contributed by atoms with Gasteiger partial charge in [0, 0.05) is 35.0 Å². The van der Waals surface area contributed by atoms with E-state index in [0.29, 0.717) is 22.2 Å². The lowest BCUT2D eigenvalue weighted by molar-refractivity contribution is -0.131. The molecule has 3 N–H and O–H groups in total. The third kappa shape index (κ3) is 3.68. The van der Waals surface area contributed by atoms with Gasteiger partial charge < -0.3 is 15.2 Å². The molecule has 0 saturated carbocycles. The number of hydrogen-bond acceptors (Lipinski definition) is 4. The zero-order chi connectivity index (χ0) is 21.3. The number of halogens is 1. The molecule has 0 aliphatic carbocycles. The number of carboxylic acid groups (broad SMARTS) is 1. The lowest BCUT2D eigenvalue weighted by Gasteiger charge is -2.05. The number of phenolic OH excluding ortho intramolecular Hbond substituents is 1. The standard InChI is InChI=1S/C23H15FN2O4/c24-20-6-5-16(27)10-18(20)22(30)19-12-26-23-17(19)9-15(11-25-23)14-3-1-2-13(8-14)4-7-21(28)29/h1-12,27H,(H,25,26)(H,28,29)/b7-4+. The number of carbonyl (C=O) groups excluding carboxylic acids is 1. The highest BCUT2D eigenvalue weighted by molar-refractivity contribution is 6.16. The molecule has 4 aromatic rings. The summed E-state index contributed by atoms with van der Waals surface area (Å²) in [5.41, 5.74) is 2.64. The van der Waals surface area contributed by atoms with Crippen molar-refractivity contribution in [2.45, 2.75) is 0 Å². The van der Waals surface area contributed by atoms with E-state index in [0.717, 1.165) is 23.8 Å². The summed E-state index contributed by atoms with van der Waals surface area (Å²) in [5.74, 6) is -2.55. The second-order valence-electron chi connectivity index (χ2n) is 6.61. The number of hydrogen-bond donors (Lipinski definition) is 3. The van der Waals surface area contributed by atoms with Crippen LogP contribution in [0.25, 0.3) is 28.2 Å². The minimum absolute atomic E-state index is 0.204. The highest BCUT2D eigenvalue weighted by Gasteiger charge is 2.19. The summed E-state index contributed by atoms with van der Waals surface area (Å²) in [4.78, 5) is 30.9. The molecule has 2 heterocycles. The first kappa shape index (κ1) is 19.1. The van der Waals surface area contributed by atoms with Gasteiger partial charge in [0.1, 0.15) is 17.2 Å². The monoisotopic (exact) mass is 402 g/mol. The Morgan fingerprint density at radius 1 is 1.03 bits per heavy atom. The Morgan fingerprint density at radius 3 is 2.67 bits per heavy atom. The van der Waals surface area contributed by atoms with E-state index in [1.165, 1.54) is 18.3 Å². The fourth-order valence-corrected chi connectivity index (χ4v) is 3.17. The molecule has 30 heavy (non-hydrogen) atoms. The Hall–Kier alpha value is -4.26. The normalized spacial score (nSPS) is 11.2. The van der Waals surface area contributed by atoms with Crippen molar-refractivity contribution in [3.63, 3.8) is 0 Å². The van der Waals surface area contributed by atoms with Crippen molar-refractivity contribution in [1.82, 2.24) is 9.97 Å². The Labute approximate surface area is 170 Å². The molecule has 0 bridgehead atoms. The molecule has 0 aliphatic heterocycles. The van der Waals surface area contributed by atoms with Crippen LogP contribution in [-0.4, -0.2) is 31.9 Å². The molecule has 7 heteroatoms. The maximum absolute atomic E-state index is 14.1. The molecular weight excluding hydrogens is 387 g/mol. The van der Waals surface area contributed by atoms with Crippen LogP contribution in [0.5, 0.6) is 5.75 Å². The SMILES string of the molecule is O=C(O)/C=C/c1cccc(-c2cnc3[nH]cc(C(=O)c4cc(O)ccc4F)c3c2)c1. The van der Waals surface area contributed by atoms with Gasteiger partial charge in [0.25, 0.3) is 0 Å². The van der Waals surface area contributed by atoms with Gasteiger partial charge in [-0.25, -0.2) is 14.2 Å². The molecule has 4 rings (SSSR count). The van der Waals surface area contributed by atoms with Crippen LogP contribution in [-0.2, 0) is 4.79 Å². The second kappa shape index (κ2) is 7.63. The summed E-state index contributed by atoms with van der Waals surface area (Å²) < 4.78 is 14.1. The van der Waals surface area contributed by atoms with E-state index in [4.69, 9.17) is 5.11 Å². The highest BCUT2D eigenvalue weighted by atomic mass is 19.1. The van der Waals surface area contributed by atoms with Gasteiger partial charge in [-0.2, -0.15) is 0 Å². The molecule has 0 amide bonds. The van der Waals surface area contributed by atoms with Crippen LogP contribution in [0.2, 0.25) is 0 Å². The van der Waals surface area contributed by atoms with Crippen LogP contribution in [0.1, 0.15) is 21.5 Å². The van der Waals surface area contributed by atoms with Crippen molar-refractivity contribution in [2.75, 3.05) is 0 Å². The number of aromatic amines is 1. The van der Waals surface area contributed by atoms with Gasteiger partial charge in [-0.05, 0) is 47.5 Å². The molecule has 148 valence electrons. The minimum atomic E-state index is -1.04. The first-order chi connectivity index (χ1) is 14.4. The largest absolute Gasteiger partial charge is 0.508 e. The van der Waals surface area contributed by atoms with Crippen LogP contribution >= 0.6 is 0 Å². The van der Waals surface area contributed by atoms with E-state index in [2.05, 4.69) is 9.97 Å². The molecule has 0 aliphatic rings. The lowest BCUT2D eigenvalue weighted by Crippen LogP contribution is -2.03. The number of ketones is 1. The number of aromatic nitrogens is 2. The van der Waals surface area contributed by atoms with E-state index >= 15 is 0 Å². The summed E-state index contributed by atoms with van der Waals surface area (Å²) in [6.45, 7) is 0. The quantitative estimate of drug-likeness (QED) is 0.339. The molecule has 0 saturated heterocycles. The van der Waals surface area contributed by atoms with Crippen LogP contribution in [0.15, 0.2) is 67.0 Å². The number of aromatic hydroxyl groups is 1. The number of rotatable bonds is 5. The zero-order valence-corrected chi connectivity index (χ0v) is 15.5. The van der Waals surface area contributed by atoms with Gasteiger partial charge >= 0.3 is 5.97 Å². The number of phenols is 1. The van der Waals surface area contributed by atoms with Gasteiger partial charge in [-0.15, -0.1) is 0 Å². The number of H-pyrrole nitrogens is 1. The van der Waals surface area contributed by atoms with Crippen molar-refractivity contribution in [2.24, 2.45) is 0 Å². The Bertz CT molecular complexity index is 1320. The van der Waals surface area contributed by atoms with Crippen molar-refractivity contribution in [3.05, 3.63) is 89.5 Å². The summed E-state index contributed by atoms with van der Waals surface area (Å²) in [5, 5.41) is 18.9. The Kier molecular flexibility index (Phi) is 4.85. The van der Waals surface area contributed by atoms with Crippen LogP contribution < -0.4 is 0 Å². The van der Waals surface area contributed by atoms with E-state index in [-0.39, 0.29) is 16.9 Å². The van der Waals surface area contributed by atoms with Gasteiger partial charge in [0.05, 0.1) is 5.56 Å². The molecule has 0 atom stereocenters. The fourth-order valence-electron chi connectivity index (χ4n) is 3.17. The first-order valence-electron chi connectivity index (χ1n) is 8.94. The molecule has 0 radical (unpaired) electrons. The number of aliphatic carboxylic acids is 1. The minimum Gasteiger partial charge on any atom is -0.508 e. The number of nitrogens with zero attached hydrogens (tertiary/aromatic N) is 1. The number of carbonyl (C=O) groups is 2. The average molecular weight is 402 g/mol. The predicted molar refractivity (Wildman–Crippen MR) is 110 cm³/mol. The molecule has 2 aromatic heterocycles. The third-order valence-electron chi connectivity index (χ3n) is 4.61. The second-order valence-corrected chi connectivity index (χ2v) is 6.61. The Balaban J connectivity index is 1.77. The van der Waals surface area contributed by atoms with E-state index < -0.39 is 17.6 Å². The van der Waals surface area contributed by atoms with Crippen LogP contribution in [0.3, 0.4) is 0 Å². The average Bonchev–Trinajstić information content (AvgIpc) is 3.17. The van der Waals surface area contributed by atoms with Crippen molar-refractivity contribution >= 4 is 28.9 Å². The van der Waals surface area contributed by atoms with Crippen LogP contribution in [0, 0.1) is 5.82 Å². The van der Waals surface area contributed by atoms with Gasteiger partial charge in [-0.3, -0.25) is 4.79 Å². The predicted octanol–water partition coefficient (Wildman–Crippen LogP) is 4.40. The van der Waals surface area contributed by atoms with Gasteiger partial charge in [0.2, 0.25) is 0 Å². The number of fused-ring (bicyclic) bond motifs is 1. The summed E-state index contributed by atoms with van der Waals surface area (Å²) in [6, 6.07) is 12.2. The topological polar surface area (TPSA) is 103 Å². The van der Waals surface area contributed by atoms with Gasteiger partial charge in [-0.1, -0.05) is 18.2 Å². The van der Waals surface area contributed by atoms with Gasteiger partial charge in [0.15, 0.2) is 5.78 Å². The summed E-state index contributed by atoms with van der Waals surface area (Å²) >= 11 is 0. The van der Waals surface area contributed by atoms with Crippen LogP contribution in [0.4, 0.5) is 4.39 Å². The Morgan fingerprint density at radius 2 is 1.87 bits per heavy atom. The third-order valence-corrected chi connectivity index (χ3v) is 4.61. The zero-order valence-electron chi connectivity index (χ0n) is 15.5. The molecule has 2 aromatic carbocycles. The van der Waals surface area contributed by atoms with E-state index in [1.807, 2.05) is 6.07 Å². The van der Waals surface area contributed by atoms with Crippen molar-refractivity contribution in [1.29, 1.82) is 0 Å². The maximum atomic E-state index is 14.1. The fraction of sp³-hybridized carbons (Fsp3) is 0. The summed E-state index contributed by atoms with van der Waals surface area (Å²) in [7, 11) is 0. The highest BCUT2D eigenvalue weighted by Crippen LogP contribution is 2.28. The first-order valence-corrected chi connectivity index (χ1v) is 8.94. The van der Waals surface area contributed by atoms with E-state index in [1.54, 1.807) is 30.5 Å². The smallest absolute Gasteiger partial charge is 0.328 e. The molecule has 0 fully saturated rings. The van der Waals surface area contributed by atoms with Crippen molar-refractivity contribution < 1.29 is 24.2 Å². The number of pyridine rings is 1. The number of carboxylic acids is 1. The number of nitrogens with one attached hydrogen (secondary N) is 1. The van der Waals surface area contributed by atoms with Crippen molar-refractivity contribution in [3.8, 4) is 16.9 Å². The number of benzene rings is 2.